The van der Waals surface area contributed by atoms with Crippen LogP contribution in [0.1, 0.15) is 12.5 Å². The van der Waals surface area contributed by atoms with Crippen LogP contribution in [0.5, 0.6) is 0 Å². The molecule has 70 valence electrons. The number of fused-ring (bicyclic) bond motifs is 1. The zero-order valence-corrected chi connectivity index (χ0v) is 7.50. The number of nitrogens with one attached hydrogen (secondary N) is 1. The molecule has 0 bridgehead atoms. The highest BCUT2D eigenvalue weighted by atomic mass is 16.1. The molecule has 0 spiro atoms. The van der Waals surface area contributed by atoms with Crippen LogP contribution in [0, 0.1) is 0 Å². The van der Waals surface area contributed by atoms with Crippen molar-refractivity contribution in [1.82, 2.24) is 9.55 Å². The summed E-state index contributed by atoms with van der Waals surface area (Å²) in [5, 5.41) is 3.00. The highest BCUT2D eigenvalue weighted by Crippen LogP contribution is 2.12. The molecule has 0 saturated carbocycles. The Hall–Kier alpha value is -1.52. The molecule has 1 aromatic heterocycles. The summed E-state index contributed by atoms with van der Waals surface area (Å²) in [6.45, 7) is 3.35. The normalized spacial score (nSPS) is 13.9. The van der Waals surface area contributed by atoms with Gasteiger partial charge in [-0.15, -0.1) is 0 Å². The molecule has 0 aromatic carbocycles. The minimum atomic E-state index is -0.00463. The smallest absolute Gasteiger partial charge is 0.260 e. The van der Waals surface area contributed by atoms with E-state index >= 15 is 0 Å². The molecule has 0 fully saturated rings. The van der Waals surface area contributed by atoms with Gasteiger partial charge in [-0.1, -0.05) is 6.92 Å². The highest BCUT2D eigenvalue weighted by Gasteiger charge is 2.16. The van der Waals surface area contributed by atoms with Crippen molar-refractivity contribution < 1.29 is 0 Å². The van der Waals surface area contributed by atoms with E-state index in [4.69, 9.17) is 5.73 Å². The predicted molar refractivity (Wildman–Crippen MR) is 50.8 cm³/mol. The molecule has 0 unspecified atom stereocenters. The average molecular weight is 180 g/mol. The van der Waals surface area contributed by atoms with E-state index in [0.717, 1.165) is 6.54 Å². The van der Waals surface area contributed by atoms with Crippen LogP contribution in [0.3, 0.4) is 0 Å². The summed E-state index contributed by atoms with van der Waals surface area (Å²) in [5.41, 5.74) is 6.25. The lowest BCUT2D eigenvalue weighted by atomic mass is 10.2. The first-order valence-corrected chi connectivity index (χ1v) is 4.37. The van der Waals surface area contributed by atoms with E-state index in [1.165, 1.54) is 0 Å². The molecular formula is C8H12N4O. The number of nitrogen functional groups attached to an aromatic ring is 1. The molecule has 5 nitrogen and oxygen atoms in total. The van der Waals surface area contributed by atoms with Crippen molar-refractivity contribution in [3.8, 4) is 0 Å². The molecule has 1 aliphatic heterocycles. The van der Waals surface area contributed by atoms with Crippen LogP contribution in [0.2, 0.25) is 0 Å². The maximum absolute atomic E-state index is 11.7. The third-order valence-electron chi connectivity index (χ3n) is 2.27. The van der Waals surface area contributed by atoms with E-state index in [1.807, 2.05) is 6.92 Å². The number of rotatable bonds is 1. The fourth-order valence-electron chi connectivity index (χ4n) is 1.56. The lowest BCUT2D eigenvalue weighted by Gasteiger charge is -2.06. The van der Waals surface area contributed by atoms with Gasteiger partial charge in [-0.3, -0.25) is 9.36 Å². The van der Waals surface area contributed by atoms with E-state index in [2.05, 4.69) is 10.3 Å². The third kappa shape index (κ3) is 1.07. The molecule has 2 heterocycles. The highest BCUT2D eigenvalue weighted by molar-refractivity contribution is 5.45. The Bertz CT molecular complexity index is 389. The molecule has 13 heavy (non-hydrogen) atoms. The lowest BCUT2D eigenvalue weighted by Crippen LogP contribution is -2.24. The summed E-state index contributed by atoms with van der Waals surface area (Å²) >= 11 is 0. The topological polar surface area (TPSA) is 72.9 Å². The van der Waals surface area contributed by atoms with Gasteiger partial charge in [0.2, 0.25) is 5.95 Å². The molecule has 0 saturated heterocycles. The molecule has 1 aliphatic rings. The van der Waals surface area contributed by atoms with Crippen LogP contribution < -0.4 is 16.6 Å². The Morgan fingerprint density at radius 3 is 3.15 bits per heavy atom. The third-order valence-corrected chi connectivity index (χ3v) is 2.27. The molecule has 0 amide bonds. The van der Waals surface area contributed by atoms with Gasteiger partial charge in [0.1, 0.15) is 5.82 Å². The van der Waals surface area contributed by atoms with Gasteiger partial charge in [0.25, 0.3) is 5.56 Å². The Kier molecular flexibility index (Phi) is 1.72. The first-order chi connectivity index (χ1) is 6.24. The molecule has 0 aliphatic carbocycles. The second-order valence-corrected chi connectivity index (χ2v) is 3.04. The van der Waals surface area contributed by atoms with Crippen molar-refractivity contribution in [2.24, 2.45) is 0 Å². The summed E-state index contributed by atoms with van der Waals surface area (Å²) in [6.07, 6.45) is 0.637. The van der Waals surface area contributed by atoms with Crippen molar-refractivity contribution >= 4 is 11.8 Å². The number of hydrogen-bond donors (Lipinski definition) is 2. The van der Waals surface area contributed by atoms with Crippen LogP contribution >= 0.6 is 0 Å². The standard InChI is InChI=1S/C8H12N4O/c1-2-5-6(9)11-8-10-3-4-12(8)7(5)13/h2-4,9H2,1H3,(H,10,11). The zero-order chi connectivity index (χ0) is 9.42. The quantitative estimate of drug-likeness (QED) is 0.628. The number of nitrogens with zero attached hydrogens (tertiary/aromatic N) is 2. The fourth-order valence-corrected chi connectivity index (χ4v) is 1.56. The second-order valence-electron chi connectivity index (χ2n) is 3.04. The van der Waals surface area contributed by atoms with Crippen LogP contribution in [-0.2, 0) is 13.0 Å². The first kappa shape index (κ1) is 8.10. The molecular weight excluding hydrogens is 168 g/mol. The average Bonchev–Trinajstić information content (AvgIpc) is 2.53. The van der Waals surface area contributed by atoms with E-state index < -0.39 is 0 Å². The van der Waals surface area contributed by atoms with Crippen molar-refractivity contribution in [3.63, 3.8) is 0 Å². The van der Waals surface area contributed by atoms with Gasteiger partial charge in [-0.2, -0.15) is 4.98 Å². The van der Waals surface area contributed by atoms with Crippen LogP contribution in [0.25, 0.3) is 0 Å². The summed E-state index contributed by atoms with van der Waals surface area (Å²) in [7, 11) is 0. The Morgan fingerprint density at radius 1 is 1.69 bits per heavy atom. The van der Waals surface area contributed by atoms with Crippen LogP contribution in [-0.4, -0.2) is 16.1 Å². The van der Waals surface area contributed by atoms with Crippen molar-refractivity contribution in [3.05, 3.63) is 15.9 Å². The summed E-state index contributed by atoms with van der Waals surface area (Å²) in [5.74, 6) is 0.952. The van der Waals surface area contributed by atoms with Gasteiger partial charge in [0, 0.05) is 13.1 Å². The lowest BCUT2D eigenvalue weighted by molar-refractivity contribution is 0.749. The van der Waals surface area contributed by atoms with E-state index in [1.54, 1.807) is 4.57 Å². The van der Waals surface area contributed by atoms with E-state index in [-0.39, 0.29) is 5.56 Å². The van der Waals surface area contributed by atoms with Crippen LogP contribution in [0.4, 0.5) is 11.8 Å². The number of anilines is 2. The van der Waals surface area contributed by atoms with Crippen molar-refractivity contribution in [1.29, 1.82) is 0 Å². The molecule has 3 N–H and O–H groups in total. The largest absolute Gasteiger partial charge is 0.383 e. The van der Waals surface area contributed by atoms with E-state index in [0.29, 0.717) is 30.3 Å². The first-order valence-electron chi connectivity index (χ1n) is 4.37. The zero-order valence-electron chi connectivity index (χ0n) is 7.50. The molecule has 5 heteroatoms. The predicted octanol–water partition coefficient (Wildman–Crippen LogP) is -0.187. The van der Waals surface area contributed by atoms with Gasteiger partial charge in [-0.05, 0) is 6.42 Å². The van der Waals surface area contributed by atoms with Gasteiger partial charge < -0.3 is 11.1 Å². The summed E-state index contributed by atoms with van der Waals surface area (Å²) in [4.78, 5) is 15.8. The molecule has 0 atom stereocenters. The monoisotopic (exact) mass is 180 g/mol. The Balaban J connectivity index is 2.70. The number of hydrogen-bond acceptors (Lipinski definition) is 4. The minimum absolute atomic E-state index is 0.00463. The van der Waals surface area contributed by atoms with Gasteiger partial charge in [0.05, 0.1) is 5.56 Å². The maximum Gasteiger partial charge on any atom is 0.260 e. The molecule has 1 aromatic rings. The minimum Gasteiger partial charge on any atom is -0.383 e. The second kappa shape index (κ2) is 2.76. The van der Waals surface area contributed by atoms with Crippen molar-refractivity contribution in [2.75, 3.05) is 17.6 Å². The molecule has 0 radical (unpaired) electrons. The van der Waals surface area contributed by atoms with E-state index in [9.17, 15) is 4.79 Å². The Labute approximate surface area is 75.6 Å². The van der Waals surface area contributed by atoms with Gasteiger partial charge >= 0.3 is 0 Å². The summed E-state index contributed by atoms with van der Waals surface area (Å²) in [6, 6.07) is 0. The number of nitrogens with two attached hydrogens (primary N) is 1. The SMILES string of the molecule is CCc1c(N)nc2n(c1=O)CCN2. The van der Waals surface area contributed by atoms with Crippen LogP contribution in [0.15, 0.2) is 4.79 Å². The number of aromatic nitrogens is 2. The van der Waals surface area contributed by atoms with Crippen molar-refractivity contribution in [2.45, 2.75) is 19.9 Å². The fraction of sp³-hybridized carbons (Fsp3) is 0.500. The van der Waals surface area contributed by atoms with Gasteiger partial charge in [-0.25, -0.2) is 0 Å². The van der Waals surface area contributed by atoms with Gasteiger partial charge in [0.15, 0.2) is 0 Å². The summed E-state index contributed by atoms with van der Waals surface area (Å²) < 4.78 is 1.63. The Morgan fingerprint density at radius 2 is 2.46 bits per heavy atom. The molecule has 2 rings (SSSR count). The maximum atomic E-state index is 11.7.